The van der Waals surface area contributed by atoms with Crippen LogP contribution < -0.4 is 21.7 Å². The number of primary amides is 1. The molecule has 9 nitrogen and oxygen atoms in total. The number of halogens is 3. The summed E-state index contributed by atoms with van der Waals surface area (Å²) in [6, 6.07) is 1.64. The summed E-state index contributed by atoms with van der Waals surface area (Å²) in [5, 5.41) is 8.29. The predicted molar refractivity (Wildman–Crippen MR) is 125 cm³/mol. The number of hydrogen-bond acceptors (Lipinski definition) is 6. The number of rotatable bonds is 7. The van der Waals surface area contributed by atoms with E-state index in [1.54, 1.807) is 0 Å². The first-order valence-electron chi connectivity index (χ1n) is 11.7. The van der Waals surface area contributed by atoms with Gasteiger partial charge in [0.2, 0.25) is 11.8 Å². The van der Waals surface area contributed by atoms with Crippen LogP contribution in [0.5, 0.6) is 0 Å². The van der Waals surface area contributed by atoms with E-state index in [0.717, 1.165) is 25.0 Å². The number of aliphatic imine (C=N–C) groups is 1. The van der Waals surface area contributed by atoms with Gasteiger partial charge in [0.15, 0.2) is 11.6 Å². The van der Waals surface area contributed by atoms with E-state index in [1.165, 1.54) is 0 Å². The van der Waals surface area contributed by atoms with Crippen LogP contribution in [-0.2, 0) is 19.1 Å². The van der Waals surface area contributed by atoms with Crippen LogP contribution in [0, 0.1) is 23.5 Å². The van der Waals surface area contributed by atoms with E-state index in [2.05, 4.69) is 20.9 Å². The molecule has 1 aromatic rings. The van der Waals surface area contributed by atoms with Crippen molar-refractivity contribution in [3.05, 3.63) is 28.8 Å². The molecule has 0 aromatic heterocycles. The Balaban J connectivity index is 1.40. The van der Waals surface area contributed by atoms with Crippen LogP contribution in [-0.4, -0.2) is 54.9 Å². The number of nitrogens with two attached hydrogens (primary N) is 1. The third-order valence-electron chi connectivity index (χ3n) is 7.06. The number of hydrogen-bond donors (Lipinski definition) is 4. The molecule has 2 aliphatic heterocycles. The van der Waals surface area contributed by atoms with Crippen LogP contribution in [0.2, 0.25) is 5.02 Å². The van der Waals surface area contributed by atoms with Crippen molar-refractivity contribution in [3.8, 4) is 0 Å². The number of anilines is 1. The van der Waals surface area contributed by atoms with E-state index in [0.29, 0.717) is 38.8 Å². The van der Waals surface area contributed by atoms with Crippen molar-refractivity contribution in [1.29, 1.82) is 0 Å². The average molecular weight is 512 g/mol. The first kappa shape index (κ1) is 25.5. The van der Waals surface area contributed by atoms with Gasteiger partial charge in [0.25, 0.3) is 5.91 Å². The summed E-state index contributed by atoms with van der Waals surface area (Å²) in [4.78, 5) is 42.6. The van der Waals surface area contributed by atoms with Crippen LogP contribution in [0.4, 0.5) is 14.5 Å². The highest BCUT2D eigenvalue weighted by Gasteiger charge is 2.54. The lowest BCUT2D eigenvalue weighted by Crippen LogP contribution is -2.66. The molecule has 12 heteroatoms. The highest BCUT2D eigenvalue weighted by Crippen LogP contribution is 2.39. The monoisotopic (exact) mass is 511 g/mol. The zero-order valence-corrected chi connectivity index (χ0v) is 19.8. The number of nitrogens with zero attached hydrogens (tertiary/aromatic N) is 1. The molecule has 5 N–H and O–H groups in total. The molecule has 35 heavy (non-hydrogen) atoms. The normalized spacial score (nSPS) is 28.4. The summed E-state index contributed by atoms with van der Waals surface area (Å²) in [5.41, 5.74) is 4.42. The Morgan fingerprint density at radius 3 is 2.54 bits per heavy atom. The van der Waals surface area contributed by atoms with Crippen molar-refractivity contribution < 1.29 is 27.9 Å². The molecule has 3 amide bonds. The van der Waals surface area contributed by atoms with Gasteiger partial charge < -0.3 is 21.1 Å². The SMILES string of the molecule is NC(=O)C1(C2CCC(C(=O)Nc3cc(F)c(F)cc3Cl)CC2)NCN=C1C(=O)NCC1CCCO1. The fourth-order valence-electron chi connectivity index (χ4n) is 5.18. The van der Waals surface area contributed by atoms with Crippen molar-refractivity contribution in [2.45, 2.75) is 50.2 Å². The molecule has 2 unspecified atom stereocenters. The van der Waals surface area contributed by atoms with Crippen molar-refractivity contribution in [3.63, 3.8) is 0 Å². The van der Waals surface area contributed by atoms with Crippen molar-refractivity contribution >= 4 is 40.7 Å². The Morgan fingerprint density at radius 1 is 1.17 bits per heavy atom. The summed E-state index contributed by atoms with van der Waals surface area (Å²) in [6.07, 6.45) is 3.39. The van der Waals surface area contributed by atoms with Crippen molar-refractivity contribution in [2.75, 3.05) is 25.1 Å². The Labute approximate surface area is 206 Å². The number of amides is 3. The maximum absolute atomic E-state index is 13.6. The molecule has 3 aliphatic rings. The molecule has 1 saturated heterocycles. The van der Waals surface area contributed by atoms with E-state index < -0.39 is 34.9 Å². The van der Waals surface area contributed by atoms with Gasteiger partial charge in [0.1, 0.15) is 11.3 Å². The lowest BCUT2D eigenvalue weighted by atomic mass is 9.69. The molecule has 0 spiro atoms. The maximum Gasteiger partial charge on any atom is 0.267 e. The van der Waals surface area contributed by atoms with Crippen LogP contribution in [0.1, 0.15) is 38.5 Å². The van der Waals surface area contributed by atoms with Crippen molar-refractivity contribution in [2.24, 2.45) is 22.6 Å². The van der Waals surface area contributed by atoms with Gasteiger partial charge in [-0.2, -0.15) is 0 Å². The number of benzene rings is 1. The van der Waals surface area contributed by atoms with Gasteiger partial charge in [0, 0.05) is 25.1 Å². The minimum Gasteiger partial charge on any atom is -0.376 e. The Kier molecular flexibility index (Phi) is 7.67. The van der Waals surface area contributed by atoms with Crippen LogP contribution in [0.15, 0.2) is 17.1 Å². The Morgan fingerprint density at radius 2 is 1.89 bits per heavy atom. The molecule has 2 fully saturated rings. The first-order valence-corrected chi connectivity index (χ1v) is 12.0. The highest BCUT2D eigenvalue weighted by atomic mass is 35.5. The quantitative estimate of drug-likeness (QED) is 0.415. The largest absolute Gasteiger partial charge is 0.376 e. The standard InChI is InChI=1S/C23H28ClF2N5O4/c24-15-8-16(25)17(26)9-18(15)31-20(32)12-3-5-13(6-4-12)23(22(27)34)19(29-11-30-23)21(33)28-10-14-2-1-7-35-14/h8-9,12-14,30H,1-7,10-11H2,(H2,27,34)(H,28,33)(H,31,32). The molecular weight excluding hydrogens is 484 g/mol. The summed E-state index contributed by atoms with van der Waals surface area (Å²) in [6.45, 7) is 1.07. The average Bonchev–Trinajstić information content (AvgIpc) is 3.52. The molecule has 4 rings (SSSR count). The second kappa shape index (κ2) is 10.5. The van der Waals surface area contributed by atoms with E-state index in [-0.39, 0.29) is 41.0 Å². The topological polar surface area (TPSA) is 135 Å². The van der Waals surface area contributed by atoms with Gasteiger partial charge in [-0.15, -0.1) is 0 Å². The third-order valence-corrected chi connectivity index (χ3v) is 7.38. The Hall–Kier alpha value is -2.63. The van der Waals surface area contributed by atoms with E-state index in [1.807, 2.05) is 0 Å². The number of nitrogens with one attached hydrogen (secondary N) is 3. The van der Waals surface area contributed by atoms with Gasteiger partial charge in [-0.1, -0.05) is 11.6 Å². The molecule has 2 atom stereocenters. The van der Waals surface area contributed by atoms with E-state index >= 15 is 0 Å². The molecule has 0 radical (unpaired) electrons. The summed E-state index contributed by atoms with van der Waals surface area (Å²) >= 11 is 5.92. The minimum absolute atomic E-state index is 0.0129. The van der Waals surface area contributed by atoms with Crippen LogP contribution >= 0.6 is 11.6 Å². The van der Waals surface area contributed by atoms with Crippen LogP contribution in [0.3, 0.4) is 0 Å². The van der Waals surface area contributed by atoms with Gasteiger partial charge >= 0.3 is 0 Å². The summed E-state index contributed by atoms with van der Waals surface area (Å²) in [5.74, 6) is -4.53. The van der Waals surface area contributed by atoms with Gasteiger partial charge in [-0.25, -0.2) is 8.78 Å². The number of carbonyl (C=O) groups is 3. The molecule has 1 aliphatic carbocycles. The minimum atomic E-state index is -1.43. The highest BCUT2D eigenvalue weighted by molar-refractivity contribution is 6.47. The Bertz CT molecular complexity index is 1040. The maximum atomic E-state index is 13.6. The molecule has 1 saturated carbocycles. The number of carbonyl (C=O) groups excluding carboxylic acids is 3. The predicted octanol–water partition coefficient (Wildman–Crippen LogP) is 1.88. The third kappa shape index (κ3) is 5.17. The van der Waals surface area contributed by atoms with Gasteiger partial charge in [0.05, 0.1) is 23.5 Å². The molecular formula is C23H28ClF2N5O4. The van der Waals surface area contributed by atoms with Gasteiger partial charge in [-0.05, 0) is 50.5 Å². The molecule has 190 valence electrons. The van der Waals surface area contributed by atoms with Crippen LogP contribution in [0.25, 0.3) is 0 Å². The fraction of sp³-hybridized carbons (Fsp3) is 0.565. The number of ether oxygens (including phenoxy) is 1. The molecule has 1 aromatic carbocycles. The van der Waals surface area contributed by atoms with E-state index in [9.17, 15) is 23.2 Å². The molecule has 0 bridgehead atoms. The first-order chi connectivity index (χ1) is 16.7. The summed E-state index contributed by atoms with van der Waals surface area (Å²) in [7, 11) is 0. The molecule has 2 heterocycles. The van der Waals surface area contributed by atoms with Crippen molar-refractivity contribution in [1.82, 2.24) is 10.6 Å². The van der Waals surface area contributed by atoms with Gasteiger partial charge in [-0.3, -0.25) is 24.7 Å². The second-order valence-electron chi connectivity index (χ2n) is 9.14. The second-order valence-corrected chi connectivity index (χ2v) is 9.55. The lowest BCUT2D eigenvalue weighted by molar-refractivity contribution is -0.126. The fourth-order valence-corrected chi connectivity index (χ4v) is 5.38. The lowest BCUT2D eigenvalue weighted by Gasteiger charge is -2.39. The smallest absolute Gasteiger partial charge is 0.267 e. The summed E-state index contributed by atoms with van der Waals surface area (Å²) < 4.78 is 32.4. The van der Waals surface area contributed by atoms with E-state index in [4.69, 9.17) is 22.1 Å². The zero-order chi connectivity index (χ0) is 25.2. The zero-order valence-electron chi connectivity index (χ0n) is 19.0.